The molecule has 15 heteroatoms. The third kappa shape index (κ3) is 9.81. The highest BCUT2D eigenvalue weighted by atomic mass is 19.1. The lowest BCUT2D eigenvalue weighted by molar-refractivity contribution is -0.384. The molecule has 14 nitrogen and oxygen atoms in total. The molecule has 2 N–H and O–H groups in total. The van der Waals surface area contributed by atoms with Crippen LogP contribution in [0.4, 0.5) is 14.9 Å². The number of aliphatic hydroxyl groups excluding tert-OH is 2. The standard InChI is InChI=1S/C47H56FN3O11/c1-3-25-59-47-42(50(2)46(54)60-34-19-17-33(18-20-34)51(55)56)29-40(49-62-43-16-8-11-26-57-43)37-27-31(12-6-9-23-52)36(14-7-10-24-53)44(45(37)47)38-28-35(21-22-41(38)61-47)58-30-32-13-4-5-15-39(32)48/h3-5,13,15,17-22,27-28,31,36,42-45,52-53H,1,6-12,14,16,23-26,29-30H2,2H3/t31-,36+,42-,43?,44+,45+,47+/m0/s1. The molecule has 1 saturated carbocycles. The van der Waals surface area contributed by atoms with E-state index in [1.807, 2.05) is 12.1 Å². The predicted octanol–water partition coefficient (Wildman–Crippen LogP) is 8.60. The normalized spacial score (nSPS) is 25.7. The van der Waals surface area contributed by atoms with Gasteiger partial charge in [-0.3, -0.25) is 10.1 Å². The predicted molar refractivity (Wildman–Crippen MR) is 227 cm³/mol. The van der Waals surface area contributed by atoms with Crippen LogP contribution in [0.25, 0.3) is 0 Å². The molecule has 0 bridgehead atoms. The molecule has 7 atom stereocenters. The summed E-state index contributed by atoms with van der Waals surface area (Å²) in [4.78, 5) is 32.7. The molecule has 0 aromatic heterocycles. The number of hydrogen-bond donors (Lipinski definition) is 2. The van der Waals surface area contributed by atoms with Crippen LogP contribution in [-0.2, 0) is 20.9 Å². The second-order valence-electron chi connectivity index (χ2n) is 16.3. The number of allylic oxidation sites excluding steroid dienone is 1. The number of nitrogens with zero attached hydrogens (tertiary/aromatic N) is 3. The lowest BCUT2D eigenvalue weighted by atomic mass is 9.55. The van der Waals surface area contributed by atoms with Crippen molar-refractivity contribution in [1.82, 2.24) is 4.90 Å². The lowest BCUT2D eigenvalue weighted by Crippen LogP contribution is -2.69. The fourth-order valence-electron chi connectivity index (χ4n) is 9.45. The Bertz CT molecular complexity index is 2090. The summed E-state index contributed by atoms with van der Waals surface area (Å²) in [6, 6.07) is 16.4. The maximum absolute atomic E-state index is 14.7. The van der Waals surface area contributed by atoms with E-state index < -0.39 is 35.1 Å². The SMILES string of the molecule is C=CCO[C@@]12Oc3ccc(OCc4ccccc4F)cc3[C@H]3[C@H](CCCCO)[C@@H](CCCCO)C=C(C(=NOC4CCCCO4)C[C@@H]1N(C)C(=O)Oc1ccc([N+](=O)[O-])cc1)[C@H]32. The number of ether oxygens (including phenoxy) is 5. The minimum absolute atomic E-state index is 0.0000454. The largest absolute Gasteiger partial charge is 0.489 e. The number of aliphatic hydroxyl groups is 2. The van der Waals surface area contributed by atoms with Gasteiger partial charge in [0.1, 0.15) is 35.7 Å². The summed E-state index contributed by atoms with van der Waals surface area (Å²) in [6.07, 6.45) is 9.45. The van der Waals surface area contributed by atoms with E-state index in [1.54, 1.807) is 37.4 Å². The van der Waals surface area contributed by atoms with Gasteiger partial charge in [-0.1, -0.05) is 48.3 Å². The third-order valence-electron chi connectivity index (χ3n) is 12.4. The molecule has 7 rings (SSSR count). The molecule has 1 amide bonds. The summed E-state index contributed by atoms with van der Waals surface area (Å²) in [7, 11) is 1.60. The van der Waals surface area contributed by atoms with Crippen LogP contribution < -0.4 is 14.2 Å². The first-order valence-electron chi connectivity index (χ1n) is 21.6. The second kappa shape index (κ2) is 20.7. The Morgan fingerprint density at radius 2 is 1.81 bits per heavy atom. The summed E-state index contributed by atoms with van der Waals surface area (Å²) in [5, 5.41) is 36.0. The molecule has 62 heavy (non-hydrogen) atoms. The van der Waals surface area contributed by atoms with Crippen LogP contribution in [0.1, 0.15) is 81.3 Å². The number of non-ortho nitro benzene ring substituents is 1. The number of amides is 1. The summed E-state index contributed by atoms with van der Waals surface area (Å²) >= 11 is 0. The Morgan fingerprint density at radius 3 is 2.52 bits per heavy atom. The Morgan fingerprint density at radius 1 is 1.05 bits per heavy atom. The Labute approximate surface area is 361 Å². The van der Waals surface area contributed by atoms with Gasteiger partial charge in [0.15, 0.2) is 0 Å². The van der Waals surface area contributed by atoms with Crippen molar-refractivity contribution >= 4 is 17.5 Å². The van der Waals surface area contributed by atoms with Crippen molar-refractivity contribution in [1.29, 1.82) is 0 Å². The molecule has 4 aliphatic rings. The van der Waals surface area contributed by atoms with Crippen LogP contribution in [0, 0.1) is 33.7 Å². The number of fused-ring (bicyclic) bond motifs is 2. The van der Waals surface area contributed by atoms with Crippen LogP contribution in [0.3, 0.4) is 0 Å². The highest BCUT2D eigenvalue weighted by Crippen LogP contribution is 2.62. The van der Waals surface area contributed by atoms with E-state index >= 15 is 0 Å². The van der Waals surface area contributed by atoms with Gasteiger partial charge in [-0.25, -0.2) is 9.18 Å². The number of nitro groups is 1. The van der Waals surface area contributed by atoms with Gasteiger partial charge in [0, 0.05) is 62.3 Å². The molecule has 3 aromatic rings. The number of nitro benzene ring substituents is 1. The minimum Gasteiger partial charge on any atom is -0.489 e. The molecule has 2 fully saturated rings. The average Bonchev–Trinajstić information content (AvgIpc) is 3.28. The molecular formula is C47H56FN3O11. The first kappa shape index (κ1) is 44.7. The van der Waals surface area contributed by atoms with Gasteiger partial charge in [-0.15, -0.1) is 6.58 Å². The Balaban J connectivity index is 1.37. The number of oxime groups is 1. The smallest absolute Gasteiger partial charge is 0.415 e. The summed E-state index contributed by atoms with van der Waals surface area (Å²) in [5.74, 6) is -1.71. The highest BCUT2D eigenvalue weighted by Gasteiger charge is 2.65. The van der Waals surface area contributed by atoms with Gasteiger partial charge in [0.2, 0.25) is 12.1 Å². The summed E-state index contributed by atoms with van der Waals surface area (Å²) in [5.41, 5.74) is 2.55. The van der Waals surface area contributed by atoms with E-state index in [0.29, 0.717) is 48.6 Å². The van der Waals surface area contributed by atoms with E-state index in [2.05, 4.69) is 12.7 Å². The molecule has 0 spiro atoms. The summed E-state index contributed by atoms with van der Waals surface area (Å²) < 4.78 is 46.8. The minimum atomic E-state index is -1.54. The van der Waals surface area contributed by atoms with Crippen molar-refractivity contribution in [3.63, 3.8) is 0 Å². The zero-order chi connectivity index (χ0) is 43.6. The van der Waals surface area contributed by atoms with Crippen LogP contribution in [0.5, 0.6) is 17.2 Å². The molecule has 0 radical (unpaired) electrons. The number of unbranched alkanes of at least 4 members (excludes halogenated alkanes) is 2. The number of likely N-dealkylation sites (N-methyl/N-ethyl adjacent to an activating group) is 1. The number of rotatable bonds is 19. The van der Waals surface area contributed by atoms with E-state index in [4.69, 9.17) is 33.7 Å². The van der Waals surface area contributed by atoms with Gasteiger partial charge in [0.25, 0.3) is 5.69 Å². The van der Waals surface area contributed by atoms with Crippen molar-refractivity contribution in [3.05, 3.63) is 118 Å². The number of carbonyl (C=O) groups is 1. The molecule has 2 heterocycles. The monoisotopic (exact) mass is 857 g/mol. The zero-order valence-electron chi connectivity index (χ0n) is 35.1. The molecule has 3 aromatic carbocycles. The lowest BCUT2D eigenvalue weighted by Gasteiger charge is -2.59. The van der Waals surface area contributed by atoms with E-state index in [0.717, 1.165) is 49.7 Å². The molecule has 2 aliphatic carbocycles. The maximum atomic E-state index is 14.7. The van der Waals surface area contributed by atoms with Gasteiger partial charge in [-0.05, 0) is 92.3 Å². The third-order valence-corrected chi connectivity index (χ3v) is 12.4. The fraction of sp³-hybridized carbons (Fsp3) is 0.489. The van der Waals surface area contributed by atoms with Gasteiger partial charge in [0.05, 0.1) is 29.8 Å². The summed E-state index contributed by atoms with van der Waals surface area (Å²) in [6.45, 7) is 4.68. The van der Waals surface area contributed by atoms with E-state index in [-0.39, 0.29) is 67.9 Å². The molecule has 2 aliphatic heterocycles. The molecule has 1 saturated heterocycles. The van der Waals surface area contributed by atoms with Gasteiger partial charge < -0.3 is 43.6 Å². The van der Waals surface area contributed by atoms with Crippen molar-refractivity contribution in [3.8, 4) is 17.2 Å². The first-order valence-corrected chi connectivity index (χ1v) is 21.6. The molecule has 332 valence electrons. The second-order valence-corrected chi connectivity index (χ2v) is 16.3. The quantitative estimate of drug-likeness (QED) is 0.0512. The van der Waals surface area contributed by atoms with Crippen LogP contribution in [-0.4, -0.2) is 83.4 Å². The zero-order valence-corrected chi connectivity index (χ0v) is 35.1. The fourth-order valence-corrected chi connectivity index (χ4v) is 9.45. The average molecular weight is 858 g/mol. The van der Waals surface area contributed by atoms with Gasteiger partial charge in [-0.2, -0.15) is 0 Å². The van der Waals surface area contributed by atoms with Crippen molar-refractivity contribution < 1.29 is 52.8 Å². The number of benzene rings is 3. The molecular weight excluding hydrogens is 802 g/mol. The van der Waals surface area contributed by atoms with Crippen LogP contribution in [0.15, 0.2) is 96.2 Å². The maximum Gasteiger partial charge on any atom is 0.415 e. The van der Waals surface area contributed by atoms with E-state index in [9.17, 15) is 29.5 Å². The van der Waals surface area contributed by atoms with Crippen LogP contribution in [0.2, 0.25) is 0 Å². The Kier molecular flexibility index (Phi) is 14.9. The van der Waals surface area contributed by atoms with E-state index in [1.165, 1.54) is 35.2 Å². The first-order chi connectivity index (χ1) is 30.2. The number of hydrogen-bond acceptors (Lipinski definition) is 12. The number of halogens is 1. The van der Waals surface area contributed by atoms with Crippen LogP contribution >= 0.6 is 0 Å². The molecule has 1 unspecified atom stereocenters. The Hall–Kier alpha value is -5.35. The number of carbonyl (C=O) groups excluding carboxylic acids is 1. The highest BCUT2D eigenvalue weighted by molar-refractivity contribution is 6.03. The van der Waals surface area contributed by atoms with Crippen molar-refractivity contribution in [2.24, 2.45) is 22.9 Å². The van der Waals surface area contributed by atoms with Crippen molar-refractivity contribution in [2.45, 2.75) is 94.9 Å². The van der Waals surface area contributed by atoms with Gasteiger partial charge >= 0.3 is 6.09 Å². The topological polar surface area (TPSA) is 172 Å². The van der Waals surface area contributed by atoms with Crippen molar-refractivity contribution in [2.75, 3.05) is 33.5 Å².